The number of aryl methyl sites for hydroxylation is 3. The lowest BCUT2D eigenvalue weighted by atomic mass is 10.3. The molecule has 2 aromatic heterocycles. The van der Waals surface area contributed by atoms with Crippen LogP contribution in [0.1, 0.15) is 17.7 Å². The molecule has 106 valence electrons. The highest BCUT2D eigenvalue weighted by atomic mass is 35.5. The molecular formula is C12H15ClN6O. The van der Waals surface area contributed by atoms with Crippen molar-refractivity contribution in [1.82, 2.24) is 25.0 Å². The number of nitrogens with one attached hydrogen (secondary N) is 1. The summed E-state index contributed by atoms with van der Waals surface area (Å²) in [6.07, 6.45) is 6.88. The molecule has 7 nitrogen and oxygen atoms in total. The molecular weight excluding hydrogens is 280 g/mol. The molecule has 1 amide bonds. The van der Waals surface area contributed by atoms with Gasteiger partial charge in [0.05, 0.1) is 23.1 Å². The lowest BCUT2D eigenvalue weighted by Crippen LogP contribution is -2.19. The summed E-state index contributed by atoms with van der Waals surface area (Å²) in [7, 11) is 1.83. The van der Waals surface area contributed by atoms with Gasteiger partial charge in [0.25, 0.3) is 0 Å². The number of amides is 1. The number of carbonyl (C=O) groups is 1. The van der Waals surface area contributed by atoms with Crippen LogP contribution in [0.2, 0.25) is 5.02 Å². The quantitative estimate of drug-likeness (QED) is 0.663. The Morgan fingerprint density at radius 3 is 2.95 bits per heavy atom. The van der Waals surface area contributed by atoms with Crippen molar-refractivity contribution in [2.75, 3.05) is 0 Å². The molecule has 0 radical (unpaired) electrons. The lowest BCUT2D eigenvalue weighted by Gasteiger charge is -2.00. The fraction of sp³-hybridized carbons (Fsp3) is 0.333. The first-order valence-electron chi connectivity index (χ1n) is 6.04. The third-order valence-electron chi connectivity index (χ3n) is 2.61. The fourth-order valence-electron chi connectivity index (χ4n) is 1.65. The number of carbonyl (C=O) groups excluding carboxylic acids is 1. The predicted molar refractivity (Wildman–Crippen MR) is 75.5 cm³/mol. The van der Waals surface area contributed by atoms with E-state index in [1.165, 1.54) is 6.20 Å². The van der Waals surface area contributed by atoms with Gasteiger partial charge in [0.2, 0.25) is 5.91 Å². The van der Waals surface area contributed by atoms with Crippen molar-refractivity contribution in [2.45, 2.75) is 19.9 Å². The number of halogens is 1. The van der Waals surface area contributed by atoms with Crippen LogP contribution in [0.5, 0.6) is 0 Å². The van der Waals surface area contributed by atoms with Gasteiger partial charge >= 0.3 is 0 Å². The second-order valence-corrected chi connectivity index (χ2v) is 4.74. The molecule has 8 heteroatoms. The molecule has 0 aromatic carbocycles. The summed E-state index contributed by atoms with van der Waals surface area (Å²) in [5.74, 6) is -0.186. The summed E-state index contributed by atoms with van der Waals surface area (Å²) >= 11 is 5.73. The third kappa shape index (κ3) is 3.92. The number of hydrogen-bond donors (Lipinski definition) is 1. The molecule has 0 saturated heterocycles. The fourth-order valence-corrected chi connectivity index (χ4v) is 1.81. The Morgan fingerprint density at radius 2 is 2.35 bits per heavy atom. The first-order valence-corrected chi connectivity index (χ1v) is 6.42. The summed E-state index contributed by atoms with van der Waals surface area (Å²) in [5.41, 5.74) is 4.19. The lowest BCUT2D eigenvalue weighted by molar-refractivity contribution is -0.121. The zero-order chi connectivity index (χ0) is 14.5. The van der Waals surface area contributed by atoms with Gasteiger partial charge in [0.1, 0.15) is 0 Å². The largest absolute Gasteiger partial charge is 0.275 e. The van der Waals surface area contributed by atoms with Crippen LogP contribution in [0.25, 0.3) is 0 Å². The molecule has 0 unspecified atom stereocenters. The molecule has 1 N–H and O–H groups in total. The predicted octanol–water partition coefficient (Wildman–Crippen LogP) is 1.12. The van der Waals surface area contributed by atoms with E-state index in [-0.39, 0.29) is 12.3 Å². The van der Waals surface area contributed by atoms with Crippen molar-refractivity contribution in [3.63, 3.8) is 0 Å². The minimum absolute atomic E-state index is 0.186. The molecule has 2 heterocycles. The Hall–Kier alpha value is -2.15. The number of hydrogen-bond acceptors (Lipinski definition) is 4. The molecule has 20 heavy (non-hydrogen) atoms. The Kier molecular flexibility index (Phi) is 4.52. The number of rotatable bonds is 5. The van der Waals surface area contributed by atoms with Gasteiger partial charge in [-0.05, 0) is 6.92 Å². The molecule has 0 spiro atoms. The number of nitrogens with zero attached hydrogens (tertiary/aromatic N) is 5. The van der Waals surface area contributed by atoms with E-state index in [4.69, 9.17) is 11.6 Å². The van der Waals surface area contributed by atoms with Crippen LogP contribution >= 0.6 is 11.6 Å². The SMILES string of the molecule is Cc1nn(C)cc1/C=N\NC(=O)CCn1cc(Cl)cn1. The van der Waals surface area contributed by atoms with Crippen molar-refractivity contribution in [1.29, 1.82) is 0 Å². The van der Waals surface area contributed by atoms with Crippen LogP contribution in [0.15, 0.2) is 23.7 Å². The van der Waals surface area contributed by atoms with Gasteiger partial charge in [-0.2, -0.15) is 15.3 Å². The number of hydrazone groups is 1. The highest BCUT2D eigenvalue weighted by molar-refractivity contribution is 6.30. The molecule has 0 aliphatic carbocycles. The molecule has 0 fully saturated rings. The van der Waals surface area contributed by atoms with E-state index in [0.29, 0.717) is 11.6 Å². The van der Waals surface area contributed by atoms with E-state index in [0.717, 1.165) is 11.3 Å². The standard InChI is InChI=1S/C12H15ClN6O/c1-9-10(7-18(2)17-9)5-14-16-12(20)3-4-19-8-11(13)6-15-19/h5-8H,3-4H2,1-2H3,(H,16,20)/b14-5-. The number of aromatic nitrogens is 4. The smallest absolute Gasteiger partial charge is 0.241 e. The Bertz CT molecular complexity index is 630. The second kappa shape index (κ2) is 6.33. The highest BCUT2D eigenvalue weighted by Crippen LogP contribution is 2.05. The third-order valence-corrected chi connectivity index (χ3v) is 2.81. The van der Waals surface area contributed by atoms with E-state index in [9.17, 15) is 4.79 Å². The van der Waals surface area contributed by atoms with E-state index in [2.05, 4.69) is 20.7 Å². The highest BCUT2D eigenvalue weighted by Gasteiger charge is 2.03. The van der Waals surface area contributed by atoms with Crippen LogP contribution in [-0.4, -0.2) is 31.7 Å². The summed E-state index contributed by atoms with van der Waals surface area (Å²) in [4.78, 5) is 11.6. The van der Waals surface area contributed by atoms with E-state index in [1.807, 2.05) is 20.2 Å². The molecule has 0 bridgehead atoms. The Labute approximate surface area is 121 Å². The molecule has 2 aromatic rings. The maximum absolute atomic E-state index is 11.6. The summed E-state index contributed by atoms with van der Waals surface area (Å²) in [6, 6.07) is 0. The minimum Gasteiger partial charge on any atom is -0.275 e. The van der Waals surface area contributed by atoms with Crippen LogP contribution in [0.4, 0.5) is 0 Å². The van der Waals surface area contributed by atoms with Gasteiger partial charge in [-0.15, -0.1) is 0 Å². The van der Waals surface area contributed by atoms with E-state index in [1.54, 1.807) is 21.8 Å². The molecule has 0 saturated carbocycles. The van der Waals surface area contributed by atoms with Crippen molar-refractivity contribution in [2.24, 2.45) is 12.1 Å². The van der Waals surface area contributed by atoms with Gasteiger partial charge < -0.3 is 0 Å². The molecule has 0 aliphatic rings. The molecule has 0 aliphatic heterocycles. The maximum atomic E-state index is 11.6. The van der Waals surface area contributed by atoms with Crippen LogP contribution in [-0.2, 0) is 18.4 Å². The first kappa shape index (κ1) is 14.3. The normalized spacial score (nSPS) is 11.2. The summed E-state index contributed by atoms with van der Waals surface area (Å²) in [5, 5.41) is 12.6. The zero-order valence-electron chi connectivity index (χ0n) is 11.2. The topological polar surface area (TPSA) is 77.1 Å². The Morgan fingerprint density at radius 1 is 1.55 bits per heavy atom. The van der Waals surface area contributed by atoms with Crippen molar-refractivity contribution in [3.8, 4) is 0 Å². The molecule has 2 rings (SSSR count). The van der Waals surface area contributed by atoms with Crippen molar-refractivity contribution < 1.29 is 4.79 Å². The van der Waals surface area contributed by atoms with Gasteiger partial charge in [0.15, 0.2) is 0 Å². The average molecular weight is 295 g/mol. The van der Waals surface area contributed by atoms with E-state index < -0.39 is 0 Å². The monoisotopic (exact) mass is 294 g/mol. The van der Waals surface area contributed by atoms with E-state index >= 15 is 0 Å². The second-order valence-electron chi connectivity index (χ2n) is 4.31. The first-order chi connectivity index (χ1) is 9.54. The van der Waals surface area contributed by atoms with Gasteiger partial charge in [-0.1, -0.05) is 11.6 Å². The summed E-state index contributed by atoms with van der Waals surface area (Å²) in [6.45, 7) is 2.34. The van der Waals surface area contributed by atoms with Crippen molar-refractivity contribution in [3.05, 3.63) is 34.9 Å². The van der Waals surface area contributed by atoms with Crippen molar-refractivity contribution >= 4 is 23.7 Å². The average Bonchev–Trinajstić information content (AvgIpc) is 2.93. The van der Waals surface area contributed by atoms with Crippen LogP contribution in [0.3, 0.4) is 0 Å². The molecule has 0 atom stereocenters. The maximum Gasteiger partial charge on any atom is 0.241 e. The Balaban J connectivity index is 1.79. The van der Waals surface area contributed by atoms with Gasteiger partial charge in [0, 0.05) is 38.0 Å². The minimum atomic E-state index is -0.186. The van der Waals surface area contributed by atoms with Crippen LogP contribution in [0, 0.1) is 6.92 Å². The van der Waals surface area contributed by atoms with Gasteiger partial charge in [-0.25, -0.2) is 5.43 Å². The zero-order valence-corrected chi connectivity index (χ0v) is 12.0. The summed E-state index contributed by atoms with van der Waals surface area (Å²) < 4.78 is 3.30. The van der Waals surface area contributed by atoms with Gasteiger partial charge in [-0.3, -0.25) is 14.2 Å². The van der Waals surface area contributed by atoms with Crippen LogP contribution < -0.4 is 5.43 Å².